The van der Waals surface area contributed by atoms with Gasteiger partial charge in [0.25, 0.3) is 0 Å². The monoisotopic (exact) mass is 674 g/mol. The first-order chi connectivity index (χ1) is 26.3. The largest absolute Gasteiger partial charge is 0.309 e. The quantitative estimate of drug-likeness (QED) is 0.175. The second-order valence-corrected chi connectivity index (χ2v) is 13.6. The molecule has 0 bridgehead atoms. The number of para-hydroxylation sites is 1. The van der Waals surface area contributed by atoms with E-state index in [4.69, 9.17) is 15.0 Å². The fourth-order valence-electron chi connectivity index (χ4n) is 8.07. The average Bonchev–Trinajstić information content (AvgIpc) is 3.58. The van der Waals surface area contributed by atoms with Crippen molar-refractivity contribution in [3.8, 4) is 39.9 Å². The Morgan fingerprint density at radius 3 is 1.53 bits per heavy atom. The fourth-order valence-corrected chi connectivity index (χ4v) is 8.07. The summed E-state index contributed by atoms with van der Waals surface area (Å²) in [5.41, 5.74) is 6.30. The summed E-state index contributed by atoms with van der Waals surface area (Å²) in [6.07, 6.45) is 0. The van der Waals surface area contributed by atoms with Gasteiger partial charge in [-0.25, -0.2) is 15.0 Å². The van der Waals surface area contributed by atoms with Gasteiger partial charge in [0.15, 0.2) is 17.5 Å². The molecule has 0 aliphatic rings. The van der Waals surface area contributed by atoms with Gasteiger partial charge in [-0.15, -0.1) is 0 Å². The highest BCUT2D eigenvalue weighted by atomic mass is 15.0. The third-order valence-corrected chi connectivity index (χ3v) is 10.6. The van der Waals surface area contributed by atoms with Crippen LogP contribution in [0.3, 0.4) is 0 Å². The SMILES string of the molecule is c1ccc(-c2nc(-c3ccc(-n4c5ccccc5c5ccc6ccccc6c54)cc3)nc(-c3ccc4ccc5c6ccccc6ccc5c4c3)n2)cc1. The Kier molecular flexibility index (Phi) is 6.52. The molecule has 11 rings (SSSR count). The molecule has 0 aliphatic carbocycles. The lowest BCUT2D eigenvalue weighted by molar-refractivity contribution is 1.07. The second kappa shape index (κ2) is 11.7. The molecule has 0 N–H and O–H groups in total. The minimum atomic E-state index is 0.636. The molecule has 0 atom stereocenters. The van der Waals surface area contributed by atoms with Crippen LogP contribution in [0.2, 0.25) is 0 Å². The maximum atomic E-state index is 5.14. The molecule has 0 amide bonds. The van der Waals surface area contributed by atoms with Crippen LogP contribution >= 0.6 is 0 Å². The van der Waals surface area contributed by atoms with Gasteiger partial charge in [0, 0.05) is 38.5 Å². The average molecular weight is 675 g/mol. The summed E-state index contributed by atoms with van der Waals surface area (Å²) in [5.74, 6) is 1.93. The number of hydrogen-bond donors (Lipinski definition) is 0. The van der Waals surface area contributed by atoms with Crippen molar-refractivity contribution in [2.24, 2.45) is 0 Å². The lowest BCUT2D eigenvalue weighted by Crippen LogP contribution is -2.00. The summed E-state index contributed by atoms with van der Waals surface area (Å²) in [6.45, 7) is 0. The van der Waals surface area contributed by atoms with Crippen LogP contribution in [0, 0.1) is 0 Å². The molecule has 0 saturated heterocycles. The van der Waals surface area contributed by atoms with Crippen LogP contribution in [0.25, 0.3) is 105 Å². The Balaban J connectivity index is 1.08. The Morgan fingerprint density at radius 1 is 0.302 bits per heavy atom. The van der Waals surface area contributed by atoms with Crippen molar-refractivity contribution in [1.82, 2.24) is 19.5 Å². The topological polar surface area (TPSA) is 43.6 Å². The van der Waals surface area contributed by atoms with Gasteiger partial charge in [-0.2, -0.15) is 0 Å². The lowest BCUT2D eigenvalue weighted by Gasteiger charge is -2.12. The van der Waals surface area contributed by atoms with Crippen molar-refractivity contribution < 1.29 is 0 Å². The van der Waals surface area contributed by atoms with Gasteiger partial charge >= 0.3 is 0 Å². The molecular formula is C49H30N4. The summed E-state index contributed by atoms with van der Waals surface area (Å²) in [4.78, 5) is 15.3. The molecule has 0 aliphatic heterocycles. The van der Waals surface area contributed by atoms with E-state index in [2.05, 4.69) is 168 Å². The summed E-state index contributed by atoms with van der Waals surface area (Å²) >= 11 is 0. The molecule has 0 unspecified atom stereocenters. The van der Waals surface area contributed by atoms with E-state index in [1.165, 1.54) is 64.9 Å². The van der Waals surface area contributed by atoms with Crippen molar-refractivity contribution >= 4 is 64.9 Å². The smallest absolute Gasteiger partial charge is 0.164 e. The second-order valence-electron chi connectivity index (χ2n) is 13.6. The molecule has 2 heterocycles. The standard InChI is InChI=1S/C49H30N4/c1-2-12-34(13-3-1)47-50-48(52-49(51-47)36-19-18-33-23-27-40-38-14-6-4-10-31(38)22-28-41(40)44(33)30-36)35-20-25-37(26-21-35)53-45-17-9-8-16-42(45)43-29-24-32-11-5-7-15-39(32)46(43)53/h1-30H. The molecule has 0 radical (unpaired) electrons. The van der Waals surface area contributed by atoms with Crippen molar-refractivity contribution in [2.75, 3.05) is 0 Å². The van der Waals surface area contributed by atoms with Gasteiger partial charge in [0.2, 0.25) is 0 Å². The maximum Gasteiger partial charge on any atom is 0.164 e. The Bertz CT molecular complexity index is 3220. The fraction of sp³-hybridized carbons (Fsp3) is 0. The van der Waals surface area contributed by atoms with E-state index in [9.17, 15) is 0 Å². The van der Waals surface area contributed by atoms with Crippen LogP contribution in [0.15, 0.2) is 182 Å². The molecule has 0 spiro atoms. The predicted octanol–water partition coefficient (Wildman–Crippen LogP) is 12.6. The number of hydrogen-bond acceptors (Lipinski definition) is 3. The summed E-state index contributed by atoms with van der Waals surface area (Å²) < 4.78 is 2.38. The predicted molar refractivity (Wildman–Crippen MR) is 220 cm³/mol. The molecule has 0 fully saturated rings. The van der Waals surface area contributed by atoms with Gasteiger partial charge < -0.3 is 4.57 Å². The van der Waals surface area contributed by atoms with Crippen LogP contribution in [0.5, 0.6) is 0 Å². The van der Waals surface area contributed by atoms with E-state index in [1.54, 1.807) is 0 Å². The Labute approximate surface area is 305 Å². The molecule has 4 heteroatoms. The first-order valence-corrected chi connectivity index (χ1v) is 17.9. The van der Waals surface area contributed by atoms with E-state index in [0.29, 0.717) is 17.5 Å². The van der Waals surface area contributed by atoms with Gasteiger partial charge in [0.05, 0.1) is 11.0 Å². The zero-order valence-corrected chi connectivity index (χ0v) is 28.6. The zero-order valence-electron chi connectivity index (χ0n) is 28.6. The number of fused-ring (bicyclic) bond motifs is 10. The van der Waals surface area contributed by atoms with E-state index in [-0.39, 0.29) is 0 Å². The van der Waals surface area contributed by atoms with Crippen molar-refractivity contribution in [3.05, 3.63) is 182 Å². The van der Waals surface area contributed by atoms with Crippen LogP contribution in [-0.2, 0) is 0 Å². The van der Waals surface area contributed by atoms with Crippen LogP contribution in [-0.4, -0.2) is 19.5 Å². The molecule has 246 valence electrons. The highest BCUT2D eigenvalue weighted by molar-refractivity contribution is 6.19. The minimum absolute atomic E-state index is 0.636. The van der Waals surface area contributed by atoms with E-state index < -0.39 is 0 Å². The van der Waals surface area contributed by atoms with Crippen molar-refractivity contribution in [1.29, 1.82) is 0 Å². The van der Waals surface area contributed by atoms with Crippen LogP contribution in [0.4, 0.5) is 0 Å². The van der Waals surface area contributed by atoms with E-state index >= 15 is 0 Å². The highest BCUT2D eigenvalue weighted by Gasteiger charge is 2.17. The van der Waals surface area contributed by atoms with E-state index in [1.807, 2.05) is 18.2 Å². The van der Waals surface area contributed by atoms with Crippen LogP contribution < -0.4 is 0 Å². The van der Waals surface area contributed by atoms with Crippen molar-refractivity contribution in [3.63, 3.8) is 0 Å². The number of benzene rings is 9. The van der Waals surface area contributed by atoms with Gasteiger partial charge in [0.1, 0.15) is 0 Å². The maximum absolute atomic E-state index is 5.14. The van der Waals surface area contributed by atoms with Gasteiger partial charge in [-0.05, 0) is 74.1 Å². The minimum Gasteiger partial charge on any atom is -0.309 e. The zero-order chi connectivity index (χ0) is 34.9. The third-order valence-electron chi connectivity index (χ3n) is 10.6. The number of aromatic nitrogens is 4. The first-order valence-electron chi connectivity index (χ1n) is 17.9. The number of rotatable bonds is 4. The summed E-state index contributed by atoms with van der Waals surface area (Å²) in [5, 5.41) is 12.3. The molecule has 11 aromatic rings. The van der Waals surface area contributed by atoms with Crippen LogP contribution in [0.1, 0.15) is 0 Å². The molecule has 53 heavy (non-hydrogen) atoms. The van der Waals surface area contributed by atoms with Gasteiger partial charge in [-0.3, -0.25) is 0 Å². The molecule has 2 aromatic heterocycles. The molecule has 0 saturated carbocycles. The van der Waals surface area contributed by atoms with E-state index in [0.717, 1.165) is 22.4 Å². The Hall–Kier alpha value is -7.17. The van der Waals surface area contributed by atoms with Crippen molar-refractivity contribution in [2.45, 2.75) is 0 Å². The normalized spacial score (nSPS) is 11.8. The third kappa shape index (κ3) is 4.73. The molecule has 4 nitrogen and oxygen atoms in total. The lowest BCUT2D eigenvalue weighted by atomic mass is 9.96. The number of nitrogens with zero attached hydrogens (tertiary/aromatic N) is 4. The Morgan fingerprint density at radius 2 is 0.792 bits per heavy atom. The molecular weight excluding hydrogens is 645 g/mol. The first kappa shape index (κ1) is 29.5. The summed E-state index contributed by atoms with van der Waals surface area (Å²) in [7, 11) is 0. The highest BCUT2D eigenvalue weighted by Crippen LogP contribution is 2.38. The van der Waals surface area contributed by atoms with Gasteiger partial charge in [-0.1, -0.05) is 146 Å². The molecule has 9 aromatic carbocycles. The summed E-state index contributed by atoms with van der Waals surface area (Å²) in [6, 6.07) is 64.5.